The van der Waals surface area contributed by atoms with Crippen LogP contribution in [0.5, 0.6) is 0 Å². The van der Waals surface area contributed by atoms with Crippen LogP contribution in [0.3, 0.4) is 0 Å². The first-order chi connectivity index (χ1) is 14.5. The number of nitrogens with two attached hydrogens (primary N) is 1. The molecule has 1 aliphatic rings. The summed E-state index contributed by atoms with van der Waals surface area (Å²) in [5.41, 5.74) is 6.71. The van der Waals surface area contributed by atoms with E-state index in [0.717, 1.165) is 24.8 Å². The summed E-state index contributed by atoms with van der Waals surface area (Å²) in [5, 5.41) is 2.44. The second-order valence-electron chi connectivity index (χ2n) is 7.36. The van der Waals surface area contributed by atoms with E-state index in [1.807, 2.05) is 36.4 Å². The Morgan fingerprint density at radius 2 is 1.53 bits per heavy atom. The van der Waals surface area contributed by atoms with Crippen molar-refractivity contribution in [2.24, 2.45) is 5.73 Å². The second kappa shape index (κ2) is 10.4. The molecule has 0 bridgehead atoms. The third kappa shape index (κ3) is 5.83. The third-order valence-corrected chi connectivity index (χ3v) is 5.11. The van der Waals surface area contributed by atoms with E-state index in [2.05, 4.69) is 5.32 Å². The molecular weight excluding hydrogens is 382 g/mol. The summed E-state index contributed by atoms with van der Waals surface area (Å²) in [6.07, 6.45) is 2.09. The van der Waals surface area contributed by atoms with Crippen LogP contribution in [0, 0.1) is 0 Å². The smallest absolute Gasteiger partial charge is 0.330 e. The average Bonchev–Trinajstić information content (AvgIpc) is 2.78. The van der Waals surface area contributed by atoms with Crippen LogP contribution >= 0.6 is 0 Å². The second-order valence-corrected chi connectivity index (χ2v) is 7.36. The number of benzene rings is 2. The normalized spacial score (nSPS) is 15.7. The van der Waals surface area contributed by atoms with Crippen molar-refractivity contribution < 1.29 is 19.1 Å². The molecule has 0 radical (unpaired) electrons. The number of rotatable bonds is 7. The number of urea groups is 1. The zero-order valence-electron chi connectivity index (χ0n) is 16.8. The Bertz CT molecular complexity index is 851. The molecule has 0 unspecified atom stereocenters. The first kappa shape index (κ1) is 21.4. The molecule has 0 aromatic heterocycles. The largest absolute Gasteiger partial charge is 0.446 e. The predicted octanol–water partition coefficient (Wildman–Crippen LogP) is 2.56. The number of hydrogen-bond donors (Lipinski definition) is 2. The van der Waals surface area contributed by atoms with Gasteiger partial charge in [-0.15, -0.1) is 0 Å². The van der Waals surface area contributed by atoms with E-state index in [0.29, 0.717) is 18.7 Å². The Hall–Kier alpha value is -3.35. The SMILES string of the molecule is NC(=O)N[C@@H](Cc1ccccc1)C(=O)O[C@@H](C(=O)N1CCCCC1)c1ccccc1. The highest BCUT2D eigenvalue weighted by atomic mass is 16.5. The highest BCUT2D eigenvalue weighted by Gasteiger charge is 2.33. The predicted molar refractivity (Wildman–Crippen MR) is 112 cm³/mol. The Balaban J connectivity index is 1.80. The van der Waals surface area contributed by atoms with Gasteiger partial charge in [0.1, 0.15) is 6.04 Å². The van der Waals surface area contributed by atoms with Gasteiger partial charge in [0.05, 0.1) is 0 Å². The van der Waals surface area contributed by atoms with Gasteiger partial charge in [-0.1, -0.05) is 60.7 Å². The lowest BCUT2D eigenvalue weighted by atomic mass is 10.0. The number of piperidine rings is 1. The summed E-state index contributed by atoms with van der Waals surface area (Å²) in [6, 6.07) is 16.3. The molecule has 0 spiro atoms. The van der Waals surface area contributed by atoms with Crippen molar-refractivity contribution in [1.82, 2.24) is 10.2 Å². The van der Waals surface area contributed by atoms with Gasteiger partial charge in [-0.2, -0.15) is 0 Å². The number of hydrogen-bond acceptors (Lipinski definition) is 4. The fourth-order valence-electron chi connectivity index (χ4n) is 3.58. The lowest BCUT2D eigenvalue weighted by molar-refractivity contribution is -0.162. The Labute approximate surface area is 176 Å². The van der Waals surface area contributed by atoms with Crippen LogP contribution in [-0.4, -0.2) is 41.9 Å². The molecule has 0 saturated carbocycles. The molecule has 2 aromatic rings. The first-order valence-electron chi connectivity index (χ1n) is 10.2. The Kier molecular flexibility index (Phi) is 7.43. The van der Waals surface area contributed by atoms with Crippen molar-refractivity contribution in [3.63, 3.8) is 0 Å². The highest BCUT2D eigenvalue weighted by Crippen LogP contribution is 2.23. The molecule has 1 heterocycles. The first-order valence-corrected chi connectivity index (χ1v) is 10.2. The summed E-state index contributed by atoms with van der Waals surface area (Å²) >= 11 is 0. The van der Waals surface area contributed by atoms with Gasteiger partial charge in [-0.3, -0.25) is 4.79 Å². The molecule has 3 rings (SSSR count). The standard InChI is InChI=1S/C23H27N3O4/c24-23(29)25-19(16-17-10-4-1-5-11-17)22(28)30-20(18-12-6-2-7-13-18)21(27)26-14-8-3-9-15-26/h1-2,4-7,10-13,19-20H,3,8-9,14-16H2,(H3,24,25,29)/t19-,20+/m0/s1. The molecule has 158 valence electrons. The Morgan fingerprint density at radius 1 is 0.933 bits per heavy atom. The molecule has 1 aliphatic heterocycles. The molecule has 0 aliphatic carbocycles. The summed E-state index contributed by atoms with van der Waals surface area (Å²) in [4.78, 5) is 39.4. The van der Waals surface area contributed by atoms with Gasteiger partial charge < -0.3 is 20.7 Å². The monoisotopic (exact) mass is 409 g/mol. The van der Waals surface area contributed by atoms with Gasteiger partial charge in [0.2, 0.25) is 6.10 Å². The molecule has 3 amide bonds. The van der Waals surface area contributed by atoms with E-state index in [1.165, 1.54) is 0 Å². The van der Waals surface area contributed by atoms with E-state index in [9.17, 15) is 14.4 Å². The van der Waals surface area contributed by atoms with Gasteiger partial charge in [-0.05, 0) is 24.8 Å². The van der Waals surface area contributed by atoms with Crippen molar-refractivity contribution in [2.75, 3.05) is 13.1 Å². The van der Waals surface area contributed by atoms with Gasteiger partial charge >= 0.3 is 12.0 Å². The van der Waals surface area contributed by atoms with Gasteiger partial charge in [0.15, 0.2) is 0 Å². The number of carbonyl (C=O) groups excluding carboxylic acids is 3. The topological polar surface area (TPSA) is 102 Å². The number of nitrogens with one attached hydrogen (secondary N) is 1. The van der Waals surface area contributed by atoms with E-state index in [1.54, 1.807) is 29.2 Å². The van der Waals surface area contributed by atoms with Crippen LogP contribution in [0.25, 0.3) is 0 Å². The molecular formula is C23H27N3O4. The maximum atomic E-state index is 13.2. The van der Waals surface area contributed by atoms with Crippen molar-refractivity contribution in [3.8, 4) is 0 Å². The van der Waals surface area contributed by atoms with Gasteiger partial charge in [0, 0.05) is 25.1 Å². The van der Waals surface area contributed by atoms with Crippen LogP contribution in [0.2, 0.25) is 0 Å². The van der Waals surface area contributed by atoms with E-state index in [4.69, 9.17) is 10.5 Å². The summed E-state index contributed by atoms with van der Waals surface area (Å²) in [6.45, 7) is 1.29. The van der Waals surface area contributed by atoms with Crippen molar-refractivity contribution in [2.45, 2.75) is 37.8 Å². The number of likely N-dealkylation sites (tertiary alicyclic amines) is 1. The molecule has 2 aromatic carbocycles. The molecule has 1 saturated heterocycles. The number of esters is 1. The maximum absolute atomic E-state index is 13.2. The number of ether oxygens (including phenoxy) is 1. The quantitative estimate of drug-likeness (QED) is 0.686. The molecule has 7 heteroatoms. The summed E-state index contributed by atoms with van der Waals surface area (Å²) in [5.74, 6) is -0.941. The van der Waals surface area contributed by atoms with Crippen molar-refractivity contribution in [1.29, 1.82) is 0 Å². The number of nitrogens with zero attached hydrogens (tertiary/aromatic N) is 1. The number of carbonyl (C=O) groups is 3. The average molecular weight is 409 g/mol. The maximum Gasteiger partial charge on any atom is 0.330 e. The molecule has 30 heavy (non-hydrogen) atoms. The van der Waals surface area contributed by atoms with Crippen LogP contribution in [0.1, 0.15) is 36.5 Å². The molecule has 2 atom stereocenters. The van der Waals surface area contributed by atoms with Crippen LogP contribution < -0.4 is 11.1 Å². The van der Waals surface area contributed by atoms with E-state index in [-0.39, 0.29) is 12.3 Å². The minimum atomic E-state index is -1.07. The van der Waals surface area contributed by atoms with Crippen LogP contribution in [0.4, 0.5) is 4.79 Å². The zero-order valence-corrected chi connectivity index (χ0v) is 16.8. The van der Waals surface area contributed by atoms with Crippen molar-refractivity contribution in [3.05, 3.63) is 71.8 Å². The van der Waals surface area contributed by atoms with Gasteiger partial charge in [-0.25, -0.2) is 9.59 Å². The zero-order chi connectivity index (χ0) is 21.3. The van der Waals surface area contributed by atoms with Crippen molar-refractivity contribution >= 4 is 17.9 Å². The van der Waals surface area contributed by atoms with Crippen LogP contribution in [0.15, 0.2) is 60.7 Å². The minimum Gasteiger partial charge on any atom is -0.446 e. The van der Waals surface area contributed by atoms with Gasteiger partial charge in [0.25, 0.3) is 5.91 Å². The summed E-state index contributed by atoms with van der Waals surface area (Å²) in [7, 11) is 0. The third-order valence-electron chi connectivity index (χ3n) is 5.11. The molecule has 1 fully saturated rings. The minimum absolute atomic E-state index is 0.210. The number of primary amides is 1. The van der Waals surface area contributed by atoms with E-state index >= 15 is 0 Å². The summed E-state index contributed by atoms with van der Waals surface area (Å²) < 4.78 is 5.69. The van der Waals surface area contributed by atoms with E-state index < -0.39 is 24.1 Å². The lowest BCUT2D eigenvalue weighted by Gasteiger charge is -2.31. The lowest BCUT2D eigenvalue weighted by Crippen LogP contribution is -2.47. The molecule has 3 N–H and O–H groups in total. The fraction of sp³-hybridized carbons (Fsp3) is 0.348. The number of amides is 3. The Morgan fingerprint density at radius 3 is 2.13 bits per heavy atom. The fourth-order valence-corrected chi connectivity index (χ4v) is 3.58. The molecule has 7 nitrogen and oxygen atoms in total. The highest BCUT2D eigenvalue weighted by molar-refractivity contribution is 5.88. The van der Waals surface area contributed by atoms with Crippen LogP contribution in [-0.2, 0) is 20.7 Å².